The van der Waals surface area contributed by atoms with E-state index in [-0.39, 0.29) is 0 Å². The zero-order chi connectivity index (χ0) is 27.4. The summed E-state index contributed by atoms with van der Waals surface area (Å²) in [5, 5.41) is 9.47. The number of hydrogen-bond acceptors (Lipinski definition) is 3. The van der Waals surface area contributed by atoms with Crippen LogP contribution in [0.15, 0.2) is 140 Å². The molecule has 0 aromatic heterocycles. The highest BCUT2D eigenvalue weighted by molar-refractivity contribution is 5.88. The average molecular weight is 526 g/mol. The van der Waals surface area contributed by atoms with Crippen LogP contribution in [-0.4, -0.2) is 0 Å². The number of nitriles is 1. The van der Waals surface area contributed by atoms with E-state index in [1.165, 1.54) is 22.3 Å². The lowest BCUT2D eigenvalue weighted by molar-refractivity contribution is 0.360. The van der Waals surface area contributed by atoms with Crippen molar-refractivity contribution in [3.63, 3.8) is 0 Å². The fourth-order valence-corrected chi connectivity index (χ4v) is 6.52. The van der Waals surface area contributed by atoms with Crippen LogP contribution in [0.5, 0.6) is 23.0 Å². The van der Waals surface area contributed by atoms with Crippen LogP contribution in [0.2, 0.25) is 0 Å². The molecule has 6 aromatic carbocycles. The third kappa shape index (κ3) is 3.38. The largest absolute Gasteiger partial charge is 0.449 e. The Morgan fingerprint density at radius 2 is 1.15 bits per heavy atom. The number of nitrogens with zero attached hydrogens (tertiary/aromatic N) is 1. The van der Waals surface area contributed by atoms with Crippen LogP contribution in [-0.2, 0) is 5.41 Å². The fourth-order valence-electron chi connectivity index (χ4n) is 6.52. The van der Waals surface area contributed by atoms with E-state index in [2.05, 4.69) is 103 Å². The quantitative estimate of drug-likeness (QED) is 0.231. The summed E-state index contributed by atoms with van der Waals surface area (Å²) in [5.74, 6) is 2.66. The SMILES string of the molecule is N#Cc1cccc(-c2cccc3c2Oc2cc4c(cc2O3)-c2ccccc2C4(c2ccccc2)c2ccccc2)c1. The van der Waals surface area contributed by atoms with E-state index in [4.69, 9.17) is 9.47 Å². The molecule has 0 bridgehead atoms. The molecular formula is C38H23NO2. The van der Waals surface area contributed by atoms with Crippen molar-refractivity contribution in [2.24, 2.45) is 0 Å². The maximum atomic E-state index is 9.47. The number of rotatable bonds is 3. The molecule has 192 valence electrons. The van der Waals surface area contributed by atoms with Crippen LogP contribution < -0.4 is 9.47 Å². The molecule has 6 aromatic rings. The standard InChI is InChI=1S/C38H23NO2/c39-24-25-11-9-12-26(21-25)29-18-10-20-34-37(29)41-36-23-33-31(22-35(36)40-34)30-17-7-8-19-32(30)38(33,27-13-3-1-4-14-27)28-15-5-2-6-16-28/h1-23H. The second-order valence-corrected chi connectivity index (χ2v) is 10.4. The lowest BCUT2D eigenvalue weighted by Crippen LogP contribution is -2.28. The van der Waals surface area contributed by atoms with E-state index in [0.29, 0.717) is 28.6 Å². The second-order valence-electron chi connectivity index (χ2n) is 10.4. The van der Waals surface area contributed by atoms with E-state index < -0.39 is 5.41 Å². The topological polar surface area (TPSA) is 42.2 Å². The molecule has 2 aliphatic rings. The van der Waals surface area contributed by atoms with Crippen molar-refractivity contribution < 1.29 is 9.47 Å². The summed E-state index contributed by atoms with van der Waals surface area (Å²) in [6.07, 6.45) is 0. The summed E-state index contributed by atoms with van der Waals surface area (Å²) >= 11 is 0. The molecule has 0 unspecified atom stereocenters. The molecule has 0 spiro atoms. The van der Waals surface area contributed by atoms with E-state index >= 15 is 0 Å². The molecule has 1 heterocycles. The van der Waals surface area contributed by atoms with Crippen molar-refractivity contribution in [3.05, 3.63) is 167 Å². The van der Waals surface area contributed by atoms with Gasteiger partial charge in [-0.1, -0.05) is 109 Å². The van der Waals surface area contributed by atoms with Gasteiger partial charge in [-0.05, 0) is 69.3 Å². The Morgan fingerprint density at radius 3 is 1.90 bits per heavy atom. The second kappa shape index (κ2) is 8.98. The smallest absolute Gasteiger partial charge is 0.177 e. The van der Waals surface area contributed by atoms with E-state index in [9.17, 15) is 5.26 Å². The molecule has 0 radical (unpaired) electrons. The van der Waals surface area contributed by atoms with Gasteiger partial charge in [-0.3, -0.25) is 0 Å². The minimum absolute atomic E-state index is 0.520. The predicted molar refractivity (Wildman–Crippen MR) is 160 cm³/mol. The molecule has 0 amide bonds. The first kappa shape index (κ1) is 23.3. The lowest BCUT2D eigenvalue weighted by Gasteiger charge is -2.34. The van der Waals surface area contributed by atoms with Gasteiger partial charge in [0.25, 0.3) is 0 Å². The highest BCUT2D eigenvalue weighted by Crippen LogP contribution is 2.60. The molecule has 0 fully saturated rings. The van der Waals surface area contributed by atoms with Gasteiger partial charge in [-0.25, -0.2) is 0 Å². The van der Waals surface area contributed by atoms with Crippen LogP contribution in [0, 0.1) is 11.3 Å². The Hall–Kier alpha value is -5.59. The Bertz CT molecular complexity index is 1970. The molecule has 3 heteroatoms. The lowest BCUT2D eigenvalue weighted by atomic mass is 9.67. The van der Waals surface area contributed by atoms with Gasteiger partial charge < -0.3 is 9.47 Å². The van der Waals surface area contributed by atoms with Crippen molar-refractivity contribution in [2.45, 2.75) is 5.41 Å². The number of hydrogen-bond donors (Lipinski definition) is 0. The Balaban J connectivity index is 1.37. The highest BCUT2D eigenvalue weighted by atomic mass is 16.6. The summed E-state index contributed by atoms with van der Waals surface area (Å²) in [4.78, 5) is 0. The minimum atomic E-state index is -0.520. The van der Waals surface area contributed by atoms with Gasteiger partial charge in [0.2, 0.25) is 0 Å². The fraction of sp³-hybridized carbons (Fsp3) is 0.0263. The van der Waals surface area contributed by atoms with Gasteiger partial charge in [0.15, 0.2) is 23.0 Å². The van der Waals surface area contributed by atoms with Crippen molar-refractivity contribution in [2.75, 3.05) is 0 Å². The molecule has 1 aliphatic carbocycles. The molecule has 41 heavy (non-hydrogen) atoms. The average Bonchev–Trinajstić information content (AvgIpc) is 3.33. The number of benzene rings is 6. The van der Waals surface area contributed by atoms with Crippen LogP contribution in [0.25, 0.3) is 22.3 Å². The molecule has 0 saturated heterocycles. The number of fused-ring (bicyclic) bond motifs is 5. The van der Waals surface area contributed by atoms with Crippen LogP contribution in [0.4, 0.5) is 0 Å². The van der Waals surface area contributed by atoms with Gasteiger partial charge in [0, 0.05) is 5.56 Å². The molecule has 8 rings (SSSR count). The zero-order valence-corrected chi connectivity index (χ0v) is 22.0. The van der Waals surface area contributed by atoms with Crippen LogP contribution >= 0.6 is 0 Å². The number of ether oxygens (including phenoxy) is 2. The Kier molecular flexibility index (Phi) is 5.10. The summed E-state index contributed by atoms with van der Waals surface area (Å²) in [6.45, 7) is 0. The normalized spacial score (nSPS) is 13.4. The third-order valence-corrected chi connectivity index (χ3v) is 8.24. The third-order valence-electron chi connectivity index (χ3n) is 8.24. The van der Waals surface area contributed by atoms with Crippen LogP contribution in [0.3, 0.4) is 0 Å². The monoisotopic (exact) mass is 525 g/mol. The zero-order valence-electron chi connectivity index (χ0n) is 22.0. The molecule has 3 nitrogen and oxygen atoms in total. The molecular weight excluding hydrogens is 502 g/mol. The summed E-state index contributed by atoms with van der Waals surface area (Å²) in [6, 6.07) is 50.1. The first-order chi connectivity index (χ1) is 20.3. The molecule has 0 atom stereocenters. The van der Waals surface area contributed by atoms with Gasteiger partial charge in [-0.15, -0.1) is 0 Å². The Labute approximate surface area is 238 Å². The maximum absolute atomic E-state index is 9.47. The molecule has 0 saturated carbocycles. The van der Waals surface area contributed by atoms with E-state index in [1.54, 1.807) is 6.07 Å². The maximum Gasteiger partial charge on any atom is 0.177 e. The van der Waals surface area contributed by atoms with Crippen molar-refractivity contribution in [1.29, 1.82) is 5.26 Å². The van der Waals surface area contributed by atoms with Crippen molar-refractivity contribution in [3.8, 4) is 51.3 Å². The first-order valence-electron chi connectivity index (χ1n) is 13.7. The van der Waals surface area contributed by atoms with E-state index in [1.807, 2.05) is 36.4 Å². The van der Waals surface area contributed by atoms with Gasteiger partial charge in [0.05, 0.1) is 17.0 Å². The first-order valence-corrected chi connectivity index (χ1v) is 13.7. The van der Waals surface area contributed by atoms with E-state index in [0.717, 1.165) is 22.3 Å². The molecule has 1 aliphatic heterocycles. The van der Waals surface area contributed by atoms with Gasteiger partial charge in [0.1, 0.15) is 0 Å². The Morgan fingerprint density at radius 1 is 0.488 bits per heavy atom. The van der Waals surface area contributed by atoms with Crippen molar-refractivity contribution in [1.82, 2.24) is 0 Å². The summed E-state index contributed by atoms with van der Waals surface area (Å²) in [7, 11) is 0. The minimum Gasteiger partial charge on any atom is -0.449 e. The van der Waals surface area contributed by atoms with Crippen LogP contribution in [0.1, 0.15) is 27.8 Å². The van der Waals surface area contributed by atoms with Gasteiger partial charge >= 0.3 is 0 Å². The molecule has 0 N–H and O–H groups in total. The predicted octanol–water partition coefficient (Wildman–Crippen LogP) is 9.49. The summed E-state index contributed by atoms with van der Waals surface area (Å²) in [5.41, 5.74) is 8.98. The van der Waals surface area contributed by atoms with Gasteiger partial charge in [-0.2, -0.15) is 5.26 Å². The summed E-state index contributed by atoms with van der Waals surface area (Å²) < 4.78 is 13.2. The highest BCUT2D eigenvalue weighted by Gasteiger charge is 2.47. The van der Waals surface area contributed by atoms with Crippen molar-refractivity contribution >= 4 is 0 Å². The number of para-hydroxylation sites is 1.